The molecule has 7 nitrogen and oxygen atoms in total. The van der Waals surface area contributed by atoms with Crippen LogP contribution in [-0.4, -0.2) is 39.0 Å². The maximum atomic E-state index is 5.18. The van der Waals surface area contributed by atoms with E-state index < -0.39 is 0 Å². The summed E-state index contributed by atoms with van der Waals surface area (Å²) in [6.45, 7) is 4.56. The van der Waals surface area contributed by atoms with Gasteiger partial charge in [0.05, 0.1) is 0 Å². The molecular weight excluding hydrogens is 232 g/mol. The molecule has 0 radical (unpaired) electrons. The van der Waals surface area contributed by atoms with Gasteiger partial charge >= 0.3 is 0 Å². The Morgan fingerprint density at radius 3 is 2.50 bits per heavy atom. The van der Waals surface area contributed by atoms with E-state index in [-0.39, 0.29) is 0 Å². The molecule has 0 N–H and O–H groups in total. The van der Waals surface area contributed by atoms with Gasteiger partial charge in [-0.2, -0.15) is 10.1 Å². The monoisotopic (exact) mass is 250 g/mol. The predicted molar refractivity (Wildman–Crippen MR) is 66.5 cm³/mol. The van der Waals surface area contributed by atoms with Crippen LogP contribution >= 0.6 is 0 Å². The standard InChI is InChI=1S/C11H18N6O/c1-5-8-12-9(6-2)17(14-8)7-10-13-11(15-18-10)16(3)4/h5-7H2,1-4H3. The van der Waals surface area contributed by atoms with Crippen molar-refractivity contribution < 1.29 is 4.52 Å². The summed E-state index contributed by atoms with van der Waals surface area (Å²) in [4.78, 5) is 10.5. The van der Waals surface area contributed by atoms with Crippen molar-refractivity contribution in [2.45, 2.75) is 33.2 Å². The van der Waals surface area contributed by atoms with Crippen LogP contribution < -0.4 is 4.90 Å². The molecule has 0 spiro atoms. The largest absolute Gasteiger partial charge is 0.344 e. The summed E-state index contributed by atoms with van der Waals surface area (Å²) in [5.74, 6) is 2.90. The highest BCUT2D eigenvalue weighted by Crippen LogP contribution is 2.08. The van der Waals surface area contributed by atoms with Crippen LogP contribution in [0.2, 0.25) is 0 Å². The Balaban J connectivity index is 2.19. The van der Waals surface area contributed by atoms with Crippen molar-refractivity contribution in [3.63, 3.8) is 0 Å². The average molecular weight is 250 g/mol. The first-order valence-corrected chi connectivity index (χ1v) is 6.06. The van der Waals surface area contributed by atoms with Crippen LogP contribution in [0.1, 0.15) is 31.4 Å². The zero-order chi connectivity index (χ0) is 13.1. The number of hydrogen-bond donors (Lipinski definition) is 0. The normalized spacial score (nSPS) is 10.9. The third-order valence-corrected chi connectivity index (χ3v) is 2.57. The van der Waals surface area contributed by atoms with Crippen LogP contribution in [0.5, 0.6) is 0 Å². The third-order valence-electron chi connectivity index (χ3n) is 2.57. The van der Waals surface area contributed by atoms with E-state index in [1.165, 1.54) is 0 Å². The Bertz CT molecular complexity index is 515. The van der Waals surface area contributed by atoms with E-state index in [2.05, 4.69) is 27.1 Å². The van der Waals surface area contributed by atoms with Crippen molar-refractivity contribution in [1.29, 1.82) is 0 Å². The van der Waals surface area contributed by atoms with Crippen molar-refractivity contribution in [2.75, 3.05) is 19.0 Å². The summed E-state index contributed by atoms with van der Waals surface area (Å²) >= 11 is 0. The van der Waals surface area contributed by atoms with Crippen LogP contribution in [0.25, 0.3) is 0 Å². The molecule has 0 fully saturated rings. The lowest BCUT2D eigenvalue weighted by atomic mass is 10.4. The lowest BCUT2D eigenvalue weighted by Crippen LogP contribution is -2.11. The van der Waals surface area contributed by atoms with Gasteiger partial charge in [0.25, 0.3) is 5.95 Å². The quantitative estimate of drug-likeness (QED) is 0.785. The molecule has 0 atom stereocenters. The molecule has 0 bridgehead atoms. The van der Waals surface area contributed by atoms with Gasteiger partial charge < -0.3 is 9.42 Å². The second-order valence-corrected chi connectivity index (χ2v) is 4.19. The summed E-state index contributed by atoms with van der Waals surface area (Å²) in [5, 5.41) is 8.29. The maximum Gasteiger partial charge on any atom is 0.265 e. The van der Waals surface area contributed by atoms with Gasteiger partial charge in [-0.1, -0.05) is 13.8 Å². The van der Waals surface area contributed by atoms with Gasteiger partial charge in [0.15, 0.2) is 5.82 Å². The van der Waals surface area contributed by atoms with E-state index in [9.17, 15) is 0 Å². The fourth-order valence-electron chi connectivity index (χ4n) is 1.58. The van der Waals surface area contributed by atoms with Crippen molar-refractivity contribution in [2.24, 2.45) is 0 Å². The molecule has 18 heavy (non-hydrogen) atoms. The molecule has 2 aromatic rings. The molecule has 0 aliphatic rings. The maximum absolute atomic E-state index is 5.18. The van der Waals surface area contributed by atoms with Crippen LogP contribution in [0.3, 0.4) is 0 Å². The number of hydrogen-bond acceptors (Lipinski definition) is 6. The number of rotatable bonds is 5. The third kappa shape index (κ3) is 2.49. The molecule has 2 aromatic heterocycles. The Morgan fingerprint density at radius 2 is 1.94 bits per heavy atom. The Kier molecular flexibility index (Phi) is 3.59. The molecule has 7 heteroatoms. The zero-order valence-electron chi connectivity index (χ0n) is 11.2. The molecular formula is C11H18N6O. The van der Waals surface area contributed by atoms with E-state index >= 15 is 0 Å². The van der Waals surface area contributed by atoms with Gasteiger partial charge in [0.1, 0.15) is 12.4 Å². The minimum Gasteiger partial charge on any atom is -0.344 e. The van der Waals surface area contributed by atoms with Crippen molar-refractivity contribution in [3.8, 4) is 0 Å². The minimum absolute atomic E-state index is 0.469. The summed E-state index contributed by atoms with van der Waals surface area (Å²) in [5.41, 5.74) is 0. The smallest absolute Gasteiger partial charge is 0.265 e. The second-order valence-electron chi connectivity index (χ2n) is 4.19. The highest BCUT2D eigenvalue weighted by Gasteiger charge is 2.12. The van der Waals surface area contributed by atoms with Crippen molar-refractivity contribution in [1.82, 2.24) is 24.9 Å². The van der Waals surface area contributed by atoms with Crippen molar-refractivity contribution in [3.05, 3.63) is 17.5 Å². The van der Waals surface area contributed by atoms with E-state index in [1.807, 2.05) is 25.7 Å². The Morgan fingerprint density at radius 1 is 1.17 bits per heavy atom. The molecule has 0 saturated heterocycles. The van der Waals surface area contributed by atoms with E-state index in [1.54, 1.807) is 4.90 Å². The molecule has 98 valence electrons. The molecule has 0 amide bonds. The molecule has 0 saturated carbocycles. The second kappa shape index (κ2) is 5.16. The predicted octanol–water partition coefficient (Wildman–Crippen LogP) is 0.900. The highest BCUT2D eigenvalue weighted by atomic mass is 16.5. The highest BCUT2D eigenvalue weighted by molar-refractivity contribution is 5.23. The number of aromatic nitrogens is 5. The molecule has 2 heterocycles. The van der Waals surface area contributed by atoms with Crippen LogP contribution in [0.15, 0.2) is 4.52 Å². The van der Waals surface area contributed by atoms with Gasteiger partial charge in [-0.15, -0.1) is 0 Å². The van der Waals surface area contributed by atoms with Gasteiger partial charge in [-0.25, -0.2) is 9.67 Å². The molecule has 0 aliphatic carbocycles. The summed E-state index contributed by atoms with van der Waals surface area (Å²) in [7, 11) is 3.74. The number of anilines is 1. The SMILES string of the molecule is CCc1nc(CC)n(Cc2nc(N(C)C)no2)n1. The molecule has 0 aromatic carbocycles. The van der Waals surface area contributed by atoms with Crippen LogP contribution in [0.4, 0.5) is 5.95 Å². The van der Waals surface area contributed by atoms with Crippen molar-refractivity contribution >= 4 is 5.95 Å². The molecule has 0 unspecified atom stereocenters. The lowest BCUT2D eigenvalue weighted by molar-refractivity contribution is 0.363. The molecule has 2 rings (SSSR count). The van der Waals surface area contributed by atoms with Gasteiger partial charge in [-0.05, 0) is 5.16 Å². The fourth-order valence-corrected chi connectivity index (χ4v) is 1.58. The summed E-state index contributed by atoms with van der Waals surface area (Å²) in [6.07, 6.45) is 1.66. The van der Waals surface area contributed by atoms with E-state index in [4.69, 9.17) is 4.52 Å². The Labute approximate surface area is 106 Å². The first kappa shape index (κ1) is 12.5. The summed E-state index contributed by atoms with van der Waals surface area (Å²) < 4.78 is 7.01. The number of aryl methyl sites for hydroxylation is 2. The topological polar surface area (TPSA) is 72.9 Å². The molecule has 0 aliphatic heterocycles. The average Bonchev–Trinajstić information content (AvgIpc) is 2.96. The van der Waals surface area contributed by atoms with Gasteiger partial charge in [-0.3, -0.25) is 0 Å². The number of nitrogens with zero attached hydrogens (tertiary/aromatic N) is 6. The zero-order valence-corrected chi connectivity index (χ0v) is 11.2. The van der Waals surface area contributed by atoms with Crippen LogP contribution in [0, 0.1) is 0 Å². The van der Waals surface area contributed by atoms with Gasteiger partial charge in [0.2, 0.25) is 5.89 Å². The first-order valence-electron chi connectivity index (χ1n) is 6.06. The first-order chi connectivity index (χ1) is 8.63. The lowest BCUT2D eigenvalue weighted by Gasteiger charge is -2.02. The fraction of sp³-hybridized carbons (Fsp3) is 0.636. The van der Waals surface area contributed by atoms with E-state index in [0.717, 1.165) is 24.5 Å². The Hall–Kier alpha value is -1.92. The minimum atomic E-state index is 0.469. The van der Waals surface area contributed by atoms with Crippen LogP contribution in [-0.2, 0) is 19.4 Å². The van der Waals surface area contributed by atoms with Gasteiger partial charge in [0, 0.05) is 26.9 Å². The van der Waals surface area contributed by atoms with E-state index in [0.29, 0.717) is 18.4 Å². The summed E-state index contributed by atoms with van der Waals surface area (Å²) in [6, 6.07) is 0.